The van der Waals surface area contributed by atoms with Gasteiger partial charge in [0.1, 0.15) is 5.25 Å². The van der Waals surface area contributed by atoms with Crippen LogP contribution in [0.3, 0.4) is 0 Å². The second-order valence-electron chi connectivity index (χ2n) is 2.81. The minimum atomic E-state index is -3.49. The number of amides is 1. The topological polar surface area (TPSA) is 97.5 Å². The van der Waals surface area contributed by atoms with Gasteiger partial charge in [-0.05, 0) is 13.3 Å². The summed E-state index contributed by atoms with van der Waals surface area (Å²) in [6, 6.07) is 0. The number of nitrogens with two attached hydrogens (primary N) is 1. The molecule has 72 valence electrons. The molecular formula is C6H13NO4S. The molecule has 0 saturated carbocycles. The lowest BCUT2D eigenvalue weighted by Gasteiger charge is -2.12. The number of aliphatic hydroxyl groups is 1. The first-order chi connectivity index (χ1) is 5.25. The predicted molar refractivity (Wildman–Crippen MR) is 44.1 cm³/mol. The van der Waals surface area contributed by atoms with Crippen molar-refractivity contribution < 1.29 is 18.3 Å². The monoisotopic (exact) mass is 195 g/mol. The molecule has 0 radical (unpaired) electrons. The van der Waals surface area contributed by atoms with Crippen molar-refractivity contribution in [1.29, 1.82) is 0 Å². The fourth-order valence-corrected chi connectivity index (χ4v) is 1.86. The van der Waals surface area contributed by atoms with E-state index in [1.54, 1.807) is 0 Å². The average molecular weight is 195 g/mol. The van der Waals surface area contributed by atoms with E-state index in [0.29, 0.717) is 0 Å². The van der Waals surface area contributed by atoms with Crippen molar-refractivity contribution in [1.82, 2.24) is 0 Å². The van der Waals surface area contributed by atoms with Crippen molar-refractivity contribution >= 4 is 15.7 Å². The van der Waals surface area contributed by atoms with E-state index in [9.17, 15) is 13.2 Å². The summed E-state index contributed by atoms with van der Waals surface area (Å²) in [4.78, 5) is 10.6. The van der Waals surface area contributed by atoms with Crippen LogP contribution in [0.15, 0.2) is 0 Å². The van der Waals surface area contributed by atoms with Crippen LogP contribution in [0.1, 0.15) is 13.3 Å². The zero-order valence-corrected chi connectivity index (χ0v) is 7.84. The smallest absolute Gasteiger partial charge is 0.235 e. The van der Waals surface area contributed by atoms with Gasteiger partial charge in [-0.2, -0.15) is 0 Å². The molecular weight excluding hydrogens is 182 g/mol. The van der Waals surface area contributed by atoms with Gasteiger partial charge < -0.3 is 10.8 Å². The largest absolute Gasteiger partial charge is 0.393 e. The van der Waals surface area contributed by atoms with E-state index in [1.807, 2.05) is 0 Å². The van der Waals surface area contributed by atoms with E-state index in [0.717, 1.165) is 6.26 Å². The molecule has 0 spiro atoms. The molecule has 12 heavy (non-hydrogen) atoms. The predicted octanol–water partition coefficient (Wildman–Crippen LogP) is -1.34. The van der Waals surface area contributed by atoms with Crippen LogP contribution >= 0.6 is 0 Å². The van der Waals surface area contributed by atoms with E-state index < -0.39 is 27.1 Å². The van der Waals surface area contributed by atoms with Crippen molar-refractivity contribution in [2.45, 2.75) is 24.7 Å². The van der Waals surface area contributed by atoms with Crippen LogP contribution in [-0.4, -0.2) is 37.0 Å². The van der Waals surface area contributed by atoms with Crippen molar-refractivity contribution in [3.8, 4) is 0 Å². The highest BCUT2D eigenvalue weighted by Gasteiger charge is 2.27. The van der Waals surface area contributed by atoms with Gasteiger partial charge in [-0.15, -0.1) is 0 Å². The summed E-state index contributed by atoms with van der Waals surface area (Å²) in [6.45, 7) is 1.40. The van der Waals surface area contributed by atoms with Gasteiger partial charge in [0.05, 0.1) is 6.10 Å². The molecule has 5 nitrogen and oxygen atoms in total. The third kappa shape index (κ3) is 3.68. The molecule has 0 heterocycles. The standard InChI is InChI=1S/C6H13NO4S/c1-4(8)3-5(6(7)9)12(2,10)11/h4-5,8H,3H2,1-2H3,(H2,7,9). The lowest BCUT2D eigenvalue weighted by molar-refractivity contribution is -0.118. The molecule has 6 heteroatoms. The van der Waals surface area contributed by atoms with Crippen LogP contribution in [0.5, 0.6) is 0 Å². The molecule has 0 saturated heterocycles. The number of sulfone groups is 1. The quantitative estimate of drug-likeness (QED) is 0.580. The van der Waals surface area contributed by atoms with Crippen LogP contribution in [0.25, 0.3) is 0 Å². The minimum Gasteiger partial charge on any atom is -0.393 e. The fraction of sp³-hybridized carbons (Fsp3) is 0.833. The number of hydrogen-bond donors (Lipinski definition) is 2. The molecule has 0 rings (SSSR count). The molecule has 0 aromatic heterocycles. The maximum atomic E-state index is 10.9. The molecule has 0 aliphatic heterocycles. The zero-order chi connectivity index (χ0) is 9.94. The lowest BCUT2D eigenvalue weighted by atomic mass is 10.2. The van der Waals surface area contributed by atoms with Crippen LogP contribution in [0.2, 0.25) is 0 Å². The number of carbonyl (C=O) groups excluding carboxylic acids is 1. The Kier molecular flexibility index (Phi) is 3.66. The summed E-state index contributed by atoms with van der Waals surface area (Å²) in [6.07, 6.45) is -0.0730. The highest BCUT2D eigenvalue weighted by molar-refractivity contribution is 7.92. The van der Waals surface area contributed by atoms with Gasteiger partial charge >= 0.3 is 0 Å². The first-order valence-electron chi connectivity index (χ1n) is 3.41. The second-order valence-corrected chi connectivity index (χ2v) is 5.03. The fourth-order valence-electron chi connectivity index (χ4n) is 0.812. The summed E-state index contributed by atoms with van der Waals surface area (Å²) in [7, 11) is -3.49. The Bertz CT molecular complexity index is 257. The number of carbonyl (C=O) groups is 1. The van der Waals surface area contributed by atoms with Crippen LogP contribution in [0, 0.1) is 0 Å². The molecule has 0 bridgehead atoms. The van der Waals surface area contributed by atoms with E-state index in [2.05, 4.69) is 0 Å². The molecule has 0 aromatic carbocycles. The Labute approximate surface area is 71.5 Å². The molecule has 3 N–H and O–H groups in total. The molecule has 0 aromatic rings. The van der Waals surface area contributed by atoms with Gasteiger partial charge in [-0.25, -0.2) is 8.42 Å². The van der Waals surface area contributed by atoms with E-state index >= 15 is 0 Å². The first kappa shape index (κ1) is 11.4. The molecule has 1 amide bonds. The van der Waals surface area contributed by atoms with Gasteiger partial charge in [-0.1, -0.05) is 0 Å². The summed E-state index contributed by atoms with van der Waals surface area (Å²) < 4.78 is 21.8. The minimum absolute atomic E-state index is 0.145. The Morgan fingerprint density at radius 1 is 1.58 bits per heavy atom. The molecule has 2 atom stereocenters. The number of aliphatic hydroxyl groups excluding tert-OH is 1. The van der Waals surface area contributed by atoms with Crippen LogP contribution in [-0.2, 0) is 14.6 Å². The van der Waals surface area contributed by atoms with Crippen molar-refractivity contribution in [3.05, 3.63) is 0 Å². The van der Waals surface area contributed by atoms with Gasteiger partial charge in [0.25, 0.3) is 0 Å². The average Bonchev–Trinajstić information content (AvgIpc) is 1.79. The van der Waals surface area contributed by atoms with E-state index in [-0.39, 0.29) is 6.42 Å². The van der Waals surface area contributed by atoms with Gasteiger partial charge in [0, 0.05) is 6.26 Å². The Morgan fingerprint density at radius 2 is 2.00 bits per heavy atom. The third-order valence-corrected chi connectivity index (χ3v) is 2.85. The van der Waals surface area contributed by atoms with Gasteiger partial charge in [0.15, 0.2) is 9.84 Å². The van der Waals surface area contributed by atoms with Crippen LogP contribution < -0.4 is 5.73 Å². The van der Waals surface area contributed by atoms with Crippen LogP contribution in [0.4, 0.5) is 0 Å². The summed E-state index contributed by atoms with van der Waals surface area (Å²) in [5.41, 5.74) is 4.84. The molecule has 0 fully saturated rings. The Hall–Kier alpha value is -0.620. The normalized spacial score (nSPS) is 16.9. The number of rotatable bonds is 4. The summed E-state index contributed by atoms with van der Waals surface area (Å²) in [5.74, 6) is -0.918. The lowest BCUT2D eigenvalue weighted by Crippen LogP contribution is -2.37. The first-order valence-corrected chi connectivity index (χ1v) is 5.37. The van der Waals surface area contributed by atoms with Crippen molar-refractivity contribution in [3.63, 3.8) is 0 Å². The maximum absolute atomic E-state index is 10.9. The van der Waals surface area contributed by atoms with Gasteiger partial charge in [-0.3, -0.25) is 4.79 Å². The number of hydrogen-bond acceptors (Lipinski definition) is 4. The van der Waals surface area contributed by atoms with Crippen molar-refractivity contribution in [2.75, 3.05) is 6.26 Å². The van der Waals surface area contributed by atoms with Crippen molar-refractivity contribution in [2.24, 2.45) is 5.73 Å². The second kappa shape index (κ2) is 3.86. The zero-order valence-electron chi connectivity index (χ0n) is 7.02. The SMILES string of the molecule is CC(O)CC(C(N)=O)S(C)(=O)=O. The maximum Gasteiger partial charge on any atom is 0.235 e. The number of primary amides is 1. The summed E-state index contributed by atoms with van der Waals surface area (Å²) in [5, 5.41) is 7.58. The Balaban J connectivity index is 4.59. The third-order valence-electron chi connectivity index (χ3n) is 1.39. The molecule has 0 aliphatic rings. The molecule has 2 unspecified atom stereocenters. The highest BCUT2D eigenvalue weighted by atomic mass is 32.2. The molecule has 0 aliphatic carbocycles. The van der Waals surface area contributed by atoms with E-state index in [4.69, 9.17) is 10.8 Å². The summed E-state index contributed by atoms with van der Waals surface area (Å²) >= 11 is 0. The Morgan fingerprint density at radius 3 is 2.08 bits per heavy atom. The van der Waals surface area contributed by atoms with E-state index in [1.165, 1.54) is 6.92 Å². The highest BCUT2D eigenvalue weighted by Crippen LogP contribution is 2.06. The van der Waals surface area contributed by atoms with Gasteiger partial charge in [0.2, 0.25) is 5.91 Å².